The normalized spacial score (nSPS) is 12.4. The van der Waals surface area contributed by atoms with Crippen LogP contribution in [-0.2, 0) is 0 Å². The van der Waals surface area contributed by atoms with E-state index in [0.717, 1.165) is 18.5 Å². The minimum atomic E-state index is -0.145. The highest BCUT2D eigenvalue weighted by Crippen LogP contribution is 2.25. The molecular weight excluding hydrogens is 261 g/mol. The third-order valence-corrected chi connectivity index (χ3v) is 3.69. The zero-order valence-electron chi connectivity index (χ0n) is 13.3. The Morgan fingerprint density at radius 3 is 2.19 bits per heavy atom. The van der Waals surface area contributed by atoms with E-state index in [0.29, 0.717) is 5.56 Å². The van der Waals surface area contributed by atoms with E-state index < -0.39 is 0 Å². The summed E-state index contributed by atoms with van der Waals surface area (Å²) in [5.41, 5.74) is 5.57. The molecule has 1 N–H and O–H groups in total. The molecule has 0 amide bonds. The molecule has 0 heterocycles. The van der Waals surface area contributed by atoms with Crippen molar-refractivity contribution in [2.45, 2.75) is 40.2 Å². The summed E-state index contributed by atoms with van der Waals surface area (Å²) in [6, 6.07) is 12.1. The van der Waals surface area contributed by atoms with Gasteiger partial charge in [0.05, 0.1) is 6.04 Å². The van der Waals surface area contributed by atoms with Gasteiger partial charge in [0.25, 0.3) is 0 Å². The third kappa shape index (κ3) is 3.92. The molecule has 0 bridgehead atoms. The Labute approximate surface area is 127 Å². The molecule has 0 saturated carbocycles. The molecule has 0 aromatic heterocycles. The van der Waals surface area contributed by atoms with Crippen LogP contribution in [-0.4, -0.2) is 6.54 Å². The van der Waals surface area contributed by atoms with Crippen molar-refractivity contribution in [3.63, 3.8) is 0 Å². The lowest BCUT2D eigenvalue weighted by atomic mass is 9.94. The van der Waals surface area contributed by atoms with Crippen LogP contribution < -0.4 is 5.32 Å². The monoisotopic (exact) mass is 285 g/mol. The van der Waals surface area contributed by atoms with Gasteiger partial charge in [0.1, 0.15) is 5.82 Å². The topological polar surface area (TPSA) is 12.0 Å². The molecule has 2 aromatic rings. The third-order valence-electron chi connectivity index (χ3n) is 3.69. The number of nitrogens with one attached hydrogen (secondary N) is 1. The summed E-state index contributed by atoms with van der Waals surface area (Å²) in [6.45, 7) is 9.14. The predicted molar refractivity (Wildman–Crippen MR) is 87.2 cm³/mol. The van der Waals surface area contributed by atoms with Gasteiger partial charge in [0.15, 0.2) is 0 Å². The molecule has 112 valence electrons. The molecule has 0 spiro atoms. The molecule has 2 rings (SSSR count). The van der Waals surface area contributed by atoms with Crippen molar-refractivity contribution >= 4 is 0 Å². The van der Waals surface area contributed by atoms with Gasteiger partial charge in [-0.25, -0.2) is 4.39 Å². The number of benzene rings is 2. The largest absolute Gasteiger partial charge is 0.306 e. The van der Waals surface area contributed by atoms with Gasteiger partial charge in [0.2, 0.25) is 0 Å². The molecule has 21 heavy (non-hydrogen) atoms. The van der Waals surface area contributed by atoms with Crippen molar-refractivity contribution in [1.29, 1.82) is 0 Å². The highest BCUT2D eigenvalue weighted by Gasteiger charge is 2.15. The summed E-state index contributed by atoms with van der Waals surface area (Å²) in [6.07, 6.45) is 1.07. The van der Waals surface area contributed by atoms with Crippen molar-refractivity contribution in [2.75, 3.05) is 6.54 Å². The summed E-state index contributed by atoms with van der Waals surface area (Å²) >= 11 is 0. The Kier molecular flexibility index (Phi) is 5.13. The Bertz CT molecular complexity index is 599. The van der Waals surface area contributed by atoms with E-state index in [-0.39, 0.29) is 11.9 Å². The Morgan fingerprint density at radius 2 is 1.62 bits per heavy atom. The second-order valence-electron chi connectivity index (χ2n) is 5.82. The predicted octanol–water partition coefficient (Wildman–Crippen LogP) is 4.84. The minimum absolute atomic E-state index is 0.114. The molecule has 2 aromatic carbocycles. The fraction of sp³-hybridized carbons (Fsp3) is 0.368. The van der Waals surface area contributed by atoms with E-state index in [9.17, 15) is 4.39 Å². The molecule has 0 saturated heterocycles. The number of hydrogen-bond acceptors (Lipinski definition) is 1. The van der Waals surface area contributed by atoms with E-state index >= 15 is 0 Å². The van der Waals surface area contributed by atoms with Crippen LogP contribution in [0.25, 0.3) is 0 Å². The van der Waals surface area contributed by atoms with Crippen molar-refractivity contribution in [2.24, 2.45) is 0 Å². The van der Waals surface area contributed by atoms with Crippen LogP contribution in [0.2, 0.25) is 0 Å². The Balaban J connectivity index is 2.43. The van der Waals surface area contributed by atoms with Crippen molar-refractivity contribution in [1.82, 2.24) is 5.32 Å². The highest BCUT2D eigenvalue weighted by molar-refractivity contribution is 5.38. The lowest BCUT2D eigenvalue weighted by Crippen LogP contribution is -2.23. The van der Waals surface area contributed by atoms with Crippen molar-refractivity contribution < 1.29 is 4.39 Å². The van der Waals surface area contributed by atoms with Gasteiger partial charge in [0, 0.05) is 0 Å². The first-order chi connectivity index (χ1) is 10.0. The quantitative estimate of drug-likeness (QED) is 0.829. The first kappa shape index (κ1) is 15.7. The summed E-state index contributed by atoms with van der Waals surface area (Å²) in [7, 11) is 0. The molecule has 1 nitrogen and oxygen atoms in total. The summed E-state index contributed by atoms with van der Waals surface area (Å²) in [5.74, 6) is -0.145. The summed E-state index contributed by atoms with van der Waals surface area (Å²) in [4.78, 5) is 0. The first-order valence-corrected chi connectivity index (χ1v) is 7.59. The Hall–Kier alpha value is -1.67. The second kappa shape index (κ2) is 6.86. The maximum absolute atomic E-state index is 13.5. The number of halogens is 1. The summed E-state index contributed by atoms with van der Waals surface area (Å²) < 4.78 is 13.5. The molecule has 0 fully saturated rings. The zero-order chi connectivity index (χ0) is 15.4. The van der Waals surface area contributed by atoms with E-state index in [4.69, 9.17) is 0 Å². The molecule has 0 aliphatic rings. The summed E-state index contributed by atoms with van der Waals surface area (Å²) in [5, 5.41) is 3.58. The van der Waals surface area contributed by atoms with Gasteiger partial charge >= 0.3 is 0 Å². The van der Waals surface area contributed by atoms with Crippen LogP contribution >= 0.6 is 0 Å². The van der Waals surface area contributed by atoms with Crippen LogP contribution in [0.5, 0.6) is 0 Å². The van der Waals surface area contributed by atoms with Gasteiger partial charge in [-0.3, -0.25) is 0 Å². The minimum Gasteiger partial charge on any atom is -0.306 e. The standard InChI is InChI=1S/C19H24FN/c1-5-8-21-19(16-6-7-18(20)15(4)12-16)17-10-13(2)9-14(3)11-17/h6-7,9-12,19,21H,5,8H2,1-4H3. The molecule has 2 heteroatoms. The van der Waals surface area contributed by atoms with Crippen LogP contribution in [0.3, 0.4) is 0 Å². The van der Waals surface area contributed by atoms with E-state index in [1.54, 1.807) is 6.07 Å². The van der Waals surface area contributed by atoms with Gasteiger partial charge in [-0.1, -0.05) is 48.4 Å². The van der Waals surface area contributed by atoms with Crippen LogP contribution in [0.15, 0.2) is 36.4 Å². The zero-order valence-corrected chi connectivity index (χ0v) is 13.3. The SMILES string of the molecule is CCCNC(c1cc(C)cc(C)c1)c1ccc(F)c(C)c1. The lowest BCUT2D eigenvalue weighted by molar-refractivity contribution is 0.589. The maximum Gasteiger partial charge on any atom is 0.126 e. The molecular formula is C19H24FN. The highest BCUT2D eigenvalue weighted by atomic mass is 19.1. The van der Waals surface area contributed by atoms with E-state index in [2.05, 4.69) is 44.3 Å². The molecule has 0 aliphatic heterocycles. The maximum atomic E-state index is 13.5. The van der Waals surface area contributed by atoms with Gasteiger partial charge in [-0.05, 0) is 56.5 Å². The Morgan fingerprint density at radius 1 is 0.952 bits per heavy atom. The fourth-order valence-electron chi connectivity index (χ4n) is 2.74. The van der Waals surface area contributed by atoms with Gasteiger partial charge < -0.3 is 5.32 Å². The smallest absolute Gasteiger partial charge is 0.126 e. The average molecular weight is 285 g/mol. The van der Waals surface area contributed by atoms with Crippen LogP contribution in [0.4, 0.5) is 4.39 Å². The van der Waals surface area contributed by atoms with Crippen LogP contribution in [0.1, 0.15) is 47.2 Å². The van der Waals surface area contributed by atoms with Crippen LogP contribution in [0, 0.1) is 26.6 Å². The molecule has 1 atom stereocenters. The number of hydrogen-bond donors (Lipinski definition) is 1. The molecule has 1 unspecified atom stereocenters. The van der Waals surface area contributed by atoms with Gasteiger partial charge in [-0.2, -0.15) is 0 Å². The average Bonchev–Trinajstić information content (AvgIpc) is 2.42. The second-order valence-corrected chi connectivity index (χ2v) is 5.82. The van der Waals surface area contributed by atoms with Crippen molar-refractivity contribution in [3.05, 3.63) is 70.0 Å². The van der Waals surface area contributed by atoms with E-state index in [1.165, 1.54) is 16.7 Å². The molecule has 0 radical (unpaired) electrons. The lowest BCUT2D eigenvalue weighted by Gasteiger charge is -2.21. The first-order valence-electron chi connectivity index (χ1n) is 7.59. The van der Waals surface area contributed by atoms with Crippen molar-refractivity contribution in [3.8, 4) is 0 Å². The number of rotatable bonds is 5. The number of aryl methyl sites for hydroxylation is 3. The fourth-order valence-corrected chi connectivity index (χ4v) is 2.74. The van der Waals surface area contributed by atoms with E-state index in [1.807, 2.05) is 19.1 Å². The molecule has 0 aliphatic carbocycles. The van der Waals surface area contributed by atoms with Gasteiger partial charge in [-0.15, -0.1) is 0 Å².